The molecule has 0 saturated carbocycles. The van der Waals surface area contributed by atoms with E-state index in [2.05, 4.69) is 4.99 Å². The highest BCUT2D eigenvalue weighted by atomic mass is 32.2. The maximum Gasteiger partial charge on any atom is 0.303 e. The second kappa shape index (κ2) is 8.52. The average Bonchev–Trinajstić information content (AvgIpc) is 3.07. The third-order valence-corrected chi connectivity index (χ3v) is 7.94. The van der Waals surface area contributed by atoms with Gasteiger partial charge in [-0.3, -0.25) is 9.59 Å². The van der Waals surface area contributed by atoms with E-state index in [-0.39, 0.29) is 48.0 Å². The molecule has 2 saturated heterocycles. The van der Waals surface area contributed by atoms with E-state index >= 15 is 0 Å². The maximum atomic E-state index is 12.2. The van der Waals surface area contributed by atoms with Gasteiger partial charge < -0.3 is 14.7 Å². The fraction of sp³-hybridized carbons (Fsp3) is 0.500. The van der Waals surface area contributed by atoms with Crippen molar-refractivity contribution in [3.63, 3.8) is 0 Å². The van der Waals surface area contributed by atoms with Gasteiger partial charge in [0.25, 0.3) is 0 Å². The number of aliphatic imine (C=N–C) groups is 1. The van der Waals surface area contributed by atoms with Gasteiger partial charge in [-0.25, -0.2) is 8.42 Å². The number of carboxylic acids is 1. The van der Waals surface area contributed by atoms with Gasteiger partial charge >= 0.3 is 5.97 Å². The molecule has 3 rings (SSSR count). The molecule has 28 heavy (non-hydrogen) atoms. The van der Waals surface area contributed by atoms with E-state index in [0.717, 1.165) is 11.3 Å². The van der Waals surface area contributed by atoms with E-state index in [0.29, 0.717) is 11.7 Å². The molecule has 152 valence electrons. The van der Waals surface area contributed by atoms with Crippen LogP contribution in [0.25, 0.3) is 0 Å². The van der Waals surface area contributed by atoms with Gasteiger partial charge in [0.15, 0.2) is 15.0 Å². The molecular formula is C18H22N2O6S2. The molecule has 1 aromatic carbocycles. The summed E-state index contributed by atoms with van der Waals surface area (Å²) in [5, 5.41) is 9.06. The summed E-state index contributed by atoms with van der Waals surface area (Å²) in [4.78, 5) is 28.8. The predicted octanol–water partition coefficient (Wildman–Crippen LogP) is 1.55. The average molecular weight is 427 g/mol. The van der Waals surface area contributed by atoms with Crippen molar-refractivity contribution in [2.45, 2.75) is 37.1 Å². The zero-order chi connectivity index (χ0) is 20.3. The summed E-state index contributed by atoms with van der Waals surface area (Å²) in [6.45, 7) is 0.439. The van der Waals surface area contributed by atoms with Gasteiger partial charge in [0.2, 0.25) is 5.91 Å². The van der Waals surface area contributed by atoms with Gasteiger partial charge in [0.05, 0.1) is 24.7 Å². The fourth-order valence-electron chi connectivity index (χ4n) is 3.30. The van der Waals surface area contributed by atoms with E-state index in [4.69, 9.17) is 9.84 Å². The van der Waals surface area contributed by atoms with Crippen LogP contribution < -0.4 is 4.74 Å². The maximum absolute atomic E-state index is 12.2. The number of amidine groups is 1. The molecule has 0 radical (unpaired) electrons. The minimum atomic E-state index is -3.10. The number of carbonyl (C=O) groups is 2. The fourth-order valence-corrected chi connectivity index (χ4v) is 7.27. The summed E-state index contributed by atoms with van der Waals surface area (Å²) in [7, 11) is -1.52. The van der Waals surface area contributed by atoms with Crippen LogP contribution >= 0.6 is 11.8 Å². The van der Waals surface area contributed by atoms with Crippen molar-refractivity contribution in [2.75, 3.05) is 18.6 Å². The number of sulfone groups is 1. The Bertz CT molecular complexity index is 882. The number of benzene rings is 1. The minimum Gasteiger partial charge on any atom is -0.497 e. The van der Waals surface area contributed by atoms with Crippen LogP contribution in [-0.2, 0) is 26.0 Å². The van der Waals surface area contributed by atoms with Gasteiger partial charge in [0.1, 0.15) is 5.75 Å². The second-order valence-corrected chi connectivity index (χ2v) is 10.2. The van der Waals surface area contributed by atoms with Crippen LogP contribution in [0, 0.1) is 0 Å². The Morgan fingerprint density at radius 2 is 1.96 bits per heavy atom. The minimum absolute atomic E-state index is 0.0487. The predicted molar refractivity (Wildman–Crippen MR) is 106 cm³/mol. The van der Waals surface area contributed by atoms with Gasteiger partial charge in [0, 0.05) is 24.6 Å². The van der Waals surface area contributed by atoms with Crippen LogP contribution in [0.2, 0.25) is 0 Å². The van der Waals surface area contributed by atoms with Crippen molar-refractivity contribution in [3.8, 4) is 5.75 Å². The summed E-state index contributed by atoms with van der Waals surface area (Å²) in [6.07, 6.45) is 0.207. The number of nitrogens with zero attached hydrogens (tertiary/aromatic N) is 2. The number of ether oxygens (including phenoxy) is 1. The van der Waals surface area contributed by atoms with Crippen LogP contribution in [0.3, 0.4) is 0 Å². The summed E-state index contributed by atoms with van der Waals surface area (Å²) >= 11 is 1.32. The molecule has 1 aromatic rings. The lowest BCUT2D eigenvalue weighted by Crippen LogP contribution is -2.37. The van der Waals surface area contributed by atoms with Crippen molar-refractivity contribution < 1.29 is 27.9 Å². The van der Waals surface area contributed by atoms with E-state index < -0.39 is 15.8 Å². The van der Waals surface area contributed by atoms with Crippen molar-refractivity contribution in [2.24, 2.45) is 4.99 Å². The van der Waals surface area contributed by atoms with Crippen LogP contribution in [0.1, 0.15) is 24.8 Å². The number of aliphatic carboxylic acids is 1. The number of amides is 1. The molecule has 2 aliphatic heterocycles. The number of hydrogen-bond donors (Lipinski definition) is 1. The van der Waals surface area contributed by atoms with E-state index in [1.807, 2.05) is 29.2 Å². The van der Waals surface area contributed by atoms with E-state index in [1.54, 1.807) is 7.11 Å². The number of hydrogen-bond acceptors (Lipinski definition) is 6. The molecule has 0 aromatic heterocycles. The molecular weight excluding hydrogens is 404 g/mol. The van der Waals surface area contributed by atoms with Crippen LogP contribution in [0.15, 0.2) is 29.3 Å². The highest BCUT2D eigenvalue weighted by Crippen LogP contribution is 2.39. The van der Waals surface area contributed by atoms with E-state index in [9.17, 15) is 18.0 Å². The standard InChI is InChI=1S/C18H22N2O6S2/c1-26-13-7-5-12(6-8-13)9-20-14-10-28(24,25)11-15(14)27-18(20)19-16(21)3-2-4-17(22)23/h5-8,14-15H,2-4,9-11H2,1H3,(H,22,23)/t14-,15-/m0/s1. The Labute approximate surface area is 167 Å². The molecule has 2 aliphatic rings. The number of methoxy groups -OCH3 is 1. The summed E-state index contributed by atoms with van der Waals surface area (Å²) in [5.41, 5.74) is 0.956. The monoisotopic (exact) mass is 426 g/mol. The van der Waals surface area contributed by atoms with E-state index in [1.165, 1.54) is 11.8 Å². The normalized spacial score (nSPS) is 24.3. The lowest BCUT2D eigenvalue weighted by atomic mass is 10.1. The van der Waals surface area contributed by atoms with Gasteiger partial charge in [-0.15, -0.1) is 0 Å². The topological polar surface area (TPSA) is 113 Å². The van der Waals surface area contributed by atoms with Crippen molar-refractivity contribution in [1.29, 1.82) is 0 Å². The second-order valence-electron chi connectivity index (χ2n) is 6.81. The quantitative estimate of drug-likeness (QED) is 0.699. The Kier molecular flexibility index (Phi) is 6.29. The molecule has 1 amide bonds. The lowest BCUT2D eigenvalue weighted by Gasteiger charge is -2.24. The van der Waals surface area contributed by atoms with Crippen LogP contribution in [0.4, 0.5) is 0 Å². The number of rotatable bonds is 7. The number of thioether (sulfide) groups is 1. The molecule has 0 aliphatic carbocycles. The molecule has 0 unspecified atom stereocenters. The largest absolute Gasteiger partial charge is 0.497 e. The van der Waals surface area contributed by atoms with Gasteiger partial charge in [-0.1, -0.05) is 23.9 Å². The lowest BCUT2D eigenvalue weighted by molar-refractivity contribution is -0.137. The highest BCUT2D eigenvalue weighted by Gasteiger charge is 2.48. The SMILES string of the molecule is COc1ccc(CN2C(=NC(=O)CCCC(=O)O)S[C@H]3CS(=O)(=O)C[C@@H]32)cc1. The third-order valence-electron chi connectivity index (χ3n) is 4.69. The highest BCUT2D eigenvalue weighted by molar-refractivity contribution is 8.15. The first-order chi connectivity index (χ1) is 13.3. The summed E-state index contributed by atoms with van der Waals surface area (Å²) in [6, 6.07) is 7.23. The number of fused-ring (bicyclic) bond motifs is 1. The zero-order valence-electron chi connectivity index (χ0n) is 15.4. The van der Waals surface area contributed by atoms with Crippen molar-refractivity contribution in [3.05, 3.63) is 29.8 Å². The Hall–Kier alpha value is -2.07. The first-order valence-electron chi connectivity index (χ1n) is 8.87. The first kappa shape index (κ1) is 20.7. The molecule has 0 bridgehead atoms. The molecule has 2 heterocycles. The van der Waals surface area contributed by atoms with Crippen LogP contribution in [-0.4, -0.2) is 65.4 Å². The molecule has 2 fully saturated rings. The number of carboxylic acid groups (broad SMARTS) is 1. The molecule has 1 N–H and O–H groups in total. The molecule has 0 spiro atoms. The van der Waals surface area contributed by atoms with Crippen molar-refractivity contribution in [1.82, 2.24) is 4.90 Å². The Morgan fingerprint density at radius 3 is 2.61 bits per heavy atom. The van der Waals surface area contributed by atoms with Crippen molar-refractivity contribution >= 4 is 38.6 Å². The zero-order valence-corrected chi connectivity index (χ0v) is 17.0. The van der Waals surface area contributed by atoms with Gasteiger partial charge in [-0.2, -0.15) is 4.99 Å². The number of carbonyl (C=O) groups excluding carboxylic acids is 1. The van der Waals surface area contributed by atoms with Crippen LogP contribution in [0.5, 0.6) is 5.75 Å². The Balaban J connectivity index is 1.76. The third kappa shape index (κ3) is 5.05. The smallest absolute Gasteiger partial charge is 0.303 e. The summed E-state index contributed by atoms with van der Waals surface area (Å²) < 4.78 is 29.2. The summed E-state index contributed by atoms with van der Waals surface area (Å²) in [5.74, 6) is -0.480. The Morgan fingerprint density at radius 1 is 1.25 bits per heavy atom. The molecule has 2 atom stereocenters. The molecule has 10 heteroatoms. The first-order valence-corrected chi connectivity index (χ1v) is 11.6. The van der Waals surface area contributed by atoms with Gasteiger partial charge in [-0.05, 0) is 24.1 Å². The molecule has 8 nitrogen and oxygen atoms in total.